The van der Waals surface area contributed by atoms with Gasteiger partial charge in [0, 0.05) is 5.56 Å². The Balaban J connectivity index is 3.52. The molecule has 0 unspecified atom stereocenters. The van der Waals surface area contributed by atoms with Crippen molar-refractivity contribution in [2.45, 2.75) is 0 Å². The van der Waals surface area contributed by atoms with Gasteiger partial charge in [-0.1, -0.05) is 23.2 Å². The number of hydrogen-bond donors (Lipinski definition) is 1. The van der Waals surface area contributed by atoms with Crippen LogP contribution in [0.2, 0.25) is 10.0 Å². The van der Waals surface area contributed by atoms with E-state index in [0.29, 0.717) is 6.29 Å². The summed E-state index contributed by atoms with van der Waals surface area (Å²) in [4.78, 5) is 21.2. The van der Waals surface area contributed by atoms with E-state index in [1.165, 1.54) is 12.1 Å². The molecular formula is C8H4Cl2O3. The number of benzene rings is 1. The summed E-state index contributed by atoms with van der Waals surface area (Å²) >= 11 is 11.2. The van der Waals surface area contributed by atoms with Crippen LogP contribution in [0.15, 0.2) is 12.1 Å². The Labute approximate surface area is 83.9 Å². The Bertz CT molecular complexity index is 374. The zero-order valence-electron chi connectivity index (χ0n) is 6.25. The van der Waals surface area contributed by atoms with Crippen molar-refractivity contribution in [1.29, 1.82) is 0 Å². The fraction of sp³-hybridized carbons (Fsp3) is 0. The molecule has 0 aliphatic rings. The third kappa shape index (κ3) is 1.82. The highest BCUT2D eigenvalue weighted by molar-refractivity contribution is 6.37. The van der Waals surface area contributed by atoms with Gasteiger partial charge in [0.2, 0.25) is 0 Å². The molecule has 0 fully saturated rings. The molecule has 0 aliphatic heterocycles. The minimum atomic E-state index is -1.27. The van der Waals surface area contributed by atoms with Gasteiger partial charge in [-0.15, -0.1) is 0 Å². The molecule has 0 saturated heterocycles. The Morgan fingerprint density at radius 3 is 2.23 bits per heavy atom. The van der Waals surface area contributed by atoms with Crippen molar-refractivity contribution in [3.63, 3.8) is 0 Å². The summed E-state index contributed by atoms with van der Waals surface area (Å²) in [5.74, 6) is -1.27. The lowest BCUT2D eigenvalue weighted by molar-refractivity contribution is 0.0694. The van der Waals surface area contributed by atoms with E-state index in [0.717, 1.165) is 0 Å². The first-order valence-corrected chi connectivity index (χ1v) is 4.00. The van der Waals surface area contributed by atoms with Gasteiger partial charge < -0.3 is 5.11 Å². The summed E-state index contributed by atoms with van der Waals surface area (Å²) in [6.45, 7) is 0. The maximum absolute atomic E-state index is 10.7. The second kappa shape index (κ2) is 3.77. The number of hydrogen-bond acceptors (Lipinski definition) is 2. The molecule has 68 valence electrons. The molecule has 0 heterocycles. The Morgan fingerprint density at radius 2 is 1.85 bits per heavy atom. The van der Waals surface area contributed by atoms with Crippen molar-refractivity contribution in [3.8, 4) is 0 Å². The predicted molar refractivity (Wildman–Crippen MR) is 48.8 cm³/mol. The quantitative estimate of drug-likeness (QED) is 0.777. The van der Waals surface area contributed by atoms with E-state index in [1.807, 2.05) is 0 Å². The van der Waals surface area contributed by atoms with Crippen LogP contribution in [0.1, 0.15) is 20.7 Å². The van der Waals surface area contributed by atoms with Crippen molar-refractivity contribution >= 4 is 35.5 Å². The van der Waals surface area contributed by atoms with Crippen molar-refractivity contribution in [2.75, 3.05) is 0 Å². The minimum Gasteiger partial charge on any atom is -0.478 e. The summed E-state index contributed by atoms with van der Waals surface area (Å²) in [6.07, 6.45) is 0.373. The lowest BCUT2D eigenvalue weighted by Gasteiger charge is -2.03. The Hall–Kier alpha value is -1.06. The smallest absolute Gasteiger partial charge is 0.338 e. The fourth-order valence-electron chi connectivity index (χ4n) is 0.900. The third-order valence-corrected chi connectivity index (χ3v) is 2.12. The molecule has 1 N–H and O–H groups in total. The molecule has 0 spiro atoms. The van der Waals surface area contributed by atoms with Crippen LogP contribution in [0.25, 0.3) is 0 Å². The number of carboxylic acid groups (broad SMARTS) is 1. The van der Waals surface area contributed by atoms with E-state index in [1.54, 1.807) is 0 Å². The van der Waals surface area contributed by atoms with E-state index in [2.05, 4.69) is 0 Å². The van der Waals surface area contributed by atoms with E-state index in [4.69, 9.17) is 28.3 Å². The SMILES string of the molecule is O=Cc1c(Cl)ccc(Cl)c1C(=O)O. The van der Waals surface area contributed by atoms with Crippen LogP contribution in [0.5, 0.6) is 0 Å². The van der Waals surface area contributed by atoms with Crippen molar-refractivity contribution < 1.29 is 14.7 Å². The van der Waals surface area contributed by atoms with Crippen molar-refractivity contribution in [3.05, 3.63) is 33.3 Å². The minimum absolute atomic E-state index is 0.000926. The van der Waals surface area contributed by atoms with Gasteiger partial charge in [0.25, 0.3) is 0 Å². The summed E-state index contributed by atoms with van der Waals surface area (Å²) < 4.78 is 0. The Kier molecular flexibility index (Phi) is 2.90. The highest BCUT2D eigenvalue weighted by Crippen LogP contribution is 2.25. The average molecular weight is 219 g/mol. The standard InChI is InChI=1S/C8H4Cl2O3/c9-5-1-2-6(10)7(8(12)13)4(5)3-11/h1-3H,(H,12,13). The first-order chi connectivity index (χ1) is 6.07. The number of carboxylic acids is 1. The second-order valence-corrected chi connectivity index (χ2v) is 3.06. The van der Waals surface area contributed by atoms with Crippen LogP contribution < -0.4 is 0 Å². The van der Waals surface area contributed by atoms with E-state index in [-0.39, 0.29) is 21.2 Å². The summed E-state index contributed by atoms with van der Waals surface area (Å²) in [5.41, 5.74) is -0.356. The monoisotopic (exact) mass is 218 g/mol. The van der Waals surface area contributed by atoms with Gasteiger partial charge in [0.15, 0.2) is 6.29 Å². The molecule has 0 atom stereocenters. The van der Waals surface area contributed by atoms with E-state index in [9.17, 15) is 9.59 Å². The molecule has 1 aromatic rings. The van der Waals surface area contributed by atoms with Gasteiger partial charge in [0.05, 0.1) is 15.6 Å². The normalized spacial score (nSPS) is 9.69. The van der Waals surface area contributed by atoms with Gasteiger partial charge in [-0.3, -0.25) is 4.79 Å². The van der Waals surface area contributed by atoms with Gasteiger partial charge in [-0.2, -0.15) is 0 Å². The maximum atomic E-state index is 10.7. The number of aldehydes is 1. The third-order valence-electron chi connectivity index (χ3n) is 1.47. The number of carbonyl (C=O) groups is 2. The van der Waals surface area contributed by atoms with Gasteiger partial charge in [-0.05, 0) is 12.1 Å². The van der Waals surface area contributed by atoms with Gasteiger partial charge >= 0.3 is 5.97 Å². The molecule has 13 heavy (non-hydrogen) atoms. The zero-order valence-corrected chi connectivity index (χ0v) is 7.76. The molecule has 3 nitrogen and oxygen atoms in total. The van der Waals surface area contributed by atoms with Crippen LogP contribution in [0, 0.1) is 0 Å². The van der Waals surface area contributed by atoms with E-state index >= 15 is 0 Å². The van der Waals surface area contributed by atoms with Crippen molar-refractivity contribution in [1.82, 2.24) is 0 Å². The highest BCUT2D eigenvalue weighted by atomic mass is 35.5. The molecular weight excluding hydrogens is 215 g/mol. The molecule has 1 aromatic carbocycles. The molecule has 0 aliphatic carbocycles. The molecule has 0 saturated carbocycles. The first kappa shape index (κ1) is 10.0. The van der Waals surface area contributed by atoms with E-state index < -0.39 is 5.97 Å². The van der Waals surface area contributed by atoms with Crippen LogP contribution >= 0.6 is 23.2 Å². The highest BCUT2D eigenvalue weighted by Gasteiger charge is 2.16. The molecule has 0 amide bonds. The number of halogens is 2. The molecule has 5 heteroatoms. The number of aromatic carboxylic acids is 1. The van der Waals surface area contributed by atoms with Crippen LogP contribution in [-0.2, 0) is 0 Å². The second-order valence-electron chi connectivity index (χ2n) is 2.24. The largest absolute Gasteiger partial charge is 0.478 e. The number of carbonyl (C=O) groups excluding carboxylic acids is 1. The fourth-order valence-corrected chi connectivity index (χ4v) is 1.35. The van der Waals surface area contributed by atoms with Crippen LogP contribution in [-0.4, -0.2) is 17.4 Å². The zero-order chi connectivity index (χ0) is 10.0. The maximum Gasteiger partial charge on any atom is 0.338 e. The topological polar surface area (TPSA) is 54.4 Å². The average Bonchev–Trinajstić information content (AvgIpc) is 2.07. The molecule has 1 rings (SSSR count). The predicted octanol–water partition coefficient (Wildman–Crippen LogP) is 2.50. The lowest BCUT2D eigenvalue weighted by atomic mass is 10.1. The Morgan fingerprint density at radius 1 is 1.31 bits per heavy atom. The summed E-state index contributed by atoms with van der Waals surface area (Å²) in [6, 6.07) is 2.71. The van der Waals surface area contributed by atoms with Crippen molar-refractivity contribution in [2.24, 2.45) is 0 Å². The van der Waals surface area contributed by atoms with Gasteiger partial charge in [-0.25, -0.2) is 4.79 Å². The molecule has 0 aromatic heterocycles. The number of rotatable bonds is 2. The summed E-state index contributed by atoms with van der Waals surface area (Å²) in [7, 11) is 0. The van der Waals surface area contributed by atoms with Crippen LogP contribution in [0.3, 0.4) is 0 Å². The van der Waals surface area contributed by atoms with Crippen LogP contribution in [0.4, 0.5) is 0 Å². The molecule has 0 radical (unpaired) electrons. The molecule has 0 bridgehead atoms. The summed E-state index contributed by atoms with van der Waals surface area (Å²) in [5, 5.41) is 8.78. The first-order valence-electron chi connectivity index (χ1n) is 3.24. The lowest BCUT2D eigenvalue weighted by Crippen LogP contribution is -2.03. The van der Waals surface area contributed by atoms with Gasteiger partial charge in [0.1, 0.15) is 0 Å².